The Morgan fingerprint density at radius 1 is 1.28 bits per heavy atom. The molecule has 0 saturated carbocycles. The van der Waals surface area contributed by atoms with Crippen LogP contribution in [0.1, 0.15) is 30.6 Å². The van der Waals surface area contributed by atoms with Crippen molar-refractivity contribution >= 4 is 11.9 Å². The number of piperidine rings is 1. The van der Waals surface area contributed by atoms with Crippen LogP contribution in [-0.4, -0.2) is 64.7 Å². The fraction of sp³-hybridized carbons (Fsp3) is 0.556. The summed E-state index contributed by atoms with van der Waals surface area (Å²) in [6, 6.07) is 7.99. The molecule has 4 rings (SSSR count). The number of aliphatic hydroxyl groups excluding tert-OH is 1. The van der Waals surface area contributed by atoms with Crippen LogP contribution >= 0.6 is 0 Å². The molecular weight excluding hydrogens is 326 g/mol. The summed E-state index contributed by atoms with van der Waals surface area (Å²) in [5, 5.41) is 10.8. The molecular formula is C18H21NO6. The van der Waals surface area contributed by atoms with Crippen LogP contribution in [0, 0.1) is 0 Å². The fourth-order valence-electron chi connectivity index (χ4n) is 3.98. The number of carbonyl (C=O) groups is 2. The Balaban J connectivity index is 1.54. The van der Waals surface area contributed by atoms with E-state index in [9.17, 15) is 14.7 Å². The van der Waals surface area contributed by atoms with Crippen molar-refractivity contribution < 1.29 is 28.9 Å². The number of hydrogen-bond donors (Lipinski definition) is 1. The molecule has 1 aromatic carbocycles. The Bertz CT molecular complexity index is 690. The van der Waals surface area contributed by atoms with E-state index in [-0.39, 0.29) is 18.4 Å². The van der Waals surface area contributed by atoms with E-state index in [0.717, 1.165) is 0 Å². The van der Waals surface area contributed by atoms with Gasteiger partial charge in [0.25, 0.3) is 0 Å². The van der Waals surface area contributed by atoms with Crippen LogP contribution in [0.4, 0.5) is 0 Å². The molecule has 0 aliphatic carbocycles. The second kappa shape index (κ2) is 5.79. The van der Waals surface area contributed by atoms with E-state index in [2.05, 4.69) is 0 Å². The van der Waals surface area contributed by atoms with Crippen molar-refractivity contribution in [2.24, 2.45) is 0 Å². The van der Waals surface area contributed by atoms with Crippen LogP contribution in [0.3, 0.4) is 0 Å². The van der Waals surface area contributed by atoms with Crippen molar-refractivity contribution in [1.82, 2.24) is 4.90 Å². The van der Waals surface area contributed by atoms with Gasteiger partial charge in [-0.3, -0.25) is 4.79 Å². The number of ether oxygens (including phenoxy) is 3. The minimum atomic E-state index is -0.972. The summed E-state index contributed by atoms with van der Waals surface area (Å²) in [5.74, 6) is -1.46. The molecule has 3 fully saturated rings. The SMILES string of the molecule is CC1(C)O[C@@H]2[C@@H](O)[C@H]3[C@H](OC(=O)c4ccccc4)CC(=O)N3C[C@@H]2O1. The Morgan fingerprint density at radius 2 is 2.00 bits per heavy atom. The maximum absolute atomic E-state index is 12.4. The molecule has 0 aromatic heterocycles. The summed E-state index contributed by atoms with van der Waals surface area (Å²) in [6.07, 6.45) is -2.54. The zero-order chi connectivity index (χ0) is 17.8. The first kappa shape index (κ1) is 16.5. The van der Waals surface area contributed by atoms with Gasteiger partial charge in [0.1, 0.15) is 24.4 Å². The molecule has 0 radical (unpaired) electrons. The molecule has 3 aliphatic rings. The van der Waals surface area contributed by atoms with Gasteiger partial charge in [-0.2, -0.15) is 0 Å². The highest BCUT2D eigenvalue weighted by Gasteiger charge is 2.58. The molecule has 1 amide bonds. The Morgan fingerprint density at radius 3 is 2.72 bits per heavy atom. The predicted molar refractivity (Wildman–Crippen MR) is 85.6 cm³/mol. The number of amides is 1. The smallest absolute Gasteiger partial charge is 0.338 e. The lowest BCUT2D eigenvalue weighted by molar-refractivity contribution is -0.156. The van der Waals surface area contributed by atoms with E-state index in [0.29, 0.717) is 12.1 Å². The van der Waals surface area contributed by atoms with Crippen molar-refractivity contribution in [3.63, 3.8) is 0 Å². The van der Waals surface area contributed by atoms with Gasteiger partial charge in [-0.15, -0.1) is 0 Å². The average molecular weight is 347 g/mol. The van der Waals surface area contributed by atoms with Crippen molar-refractivity contribution in [3.8, 4) is 0 Å². The number of fused-ring (bicyclic) bond motifs is 2. The van der Waals surface area contributed by atoms with Crippen molar-refractivity contribution in [3.05, 3.63) is 35.9 Å². The molecule has 5 atom stereocenters. The third kappa shape index (κ3) is 2.82. The van der Waals surface area contributed by atoms with Crippen LogP contribution in [0.25, 0.3) is 0 Å². The van der Waals surface area contributed by atoms with Gasteiger partial charge in [-0.25, -0.2) is 4.79 Å². The standard InChI is InChI=1S/C18H21NO6/c1-18(2)24-12-9-19-13(20)8-11(14(19)15(21)16(12)25-18)23-17(22)10-6-4-3-5-7-10/h3-7,11-12,14-16,21H,8-9H2,1-2H3/t11-,12+,14-,15+,16+/m1/s1. The van der Waals surface area contributed by atoms with Crippen molar-refractivity contribution in [2.45, 2.75) is 56.5 Å². The van der Waals surface area contributed by atoms with E-state index in [4.69, 9.17) is 14.2 Å². The van der Waals surface area contributed by atoms with Crippen molar-refractivity contribution in [2.75, 3.05) is 6.54 Å². The number of benzene rings is 1. The molecule has 7 nitrogen and oxygen atoms in total. The zero-order valence-electron chi connectivity index (χ0n) is 14.1. The second-order valence-electron chi connectivity index (χ2n) is 7.18. The van der Waals surface area contributed by atoms with Gasteiger partial charge in [0.2, 0.25) is 5.91 Å². The molecule has 1 aromatic rings. The van der Waals surface area contributed by atoms with E-state index in [1.165, 1.54) is 0 Å². The molecule has 0 unspecified atom stereocenters. The Kier molecular flexibility index (Phi) is 3.82. The highest BCUT2D eigenvalue weighted by atomic mass is 16.8. The minimum Gasteiger partial charge on any atom is -0.456 e. The predicted octanol–water partition coefficient (Wildman–Crippen LogP) is 0.707. The normalized spacial score (nSPS) is 36.0. The molecule has 3 saturated heterocycles. The van der Waals surface area contributed by atoms with E-state index >= 15 is 0 Å². The number of esters is 1. The summed E-state index contributed by atoms with van der Waals surface area (Å²) in [5.41, 5.74) is 0.415. The number of hydrogen-bond acceptors (Lipinski definition) is 6. The number of aliphatic hydroxyl groups is 1. The summed E-state index contributed by atoms with van der Waals surface area (Å²) in [7, 11) is 0. The Labute approximate surface area is 145 Å². The first-order valence-corrected chi connectivity index (χ1v) is 8.45. The first-order chi connectivity index (χ1) is 11.9. The summed E-state index contributed by atoms with van der Waals surface area (Å²) < 4.78 is 17.1. The molecule has 25 heavy (non-hydrogen) atoms. The van der Waals surface area contributed by atoms with E-state index < -0.39 is 36.1 Å². The van der Waals surface area contributed by atoms with Crippen LogP contribution in [0.15, 0.2) is 30.3 Å². The largest absolute Gasteiger partial charge is 0.456 e. The minimum absolute atomic E-state index is 0.0587. The van der Waals surface area contributed by atoms with Crippen LogP contribution < -0.4 is 0 Å². The number of rotatable bonds is 2. The highest BCUT2D eigenvalue weighted by Crippen LogP contribution is 2.39. The number of nitrogens with zero attached hydrogens (tertiary/aromatic N) is 1. The summed E-state index contributed by atoms with van der Waals surface area (Å²) >= 11 is 0. The molecule has 134 valence electrons. The molecule has 0 spiro atoms. The maximum Gasteiger partial charge on any atom is 0.338 e. The molecule has 7 heteroatoms. The third-order valence-electron chi connectivity index (χ3n) is 4.99. The summed E-state index contributed by atoms with van der Waals surface area (Å²) in [4.78, 5) is 26.2. The first-order valence-electron chi connectivity index (χ1n) is 8.45. The molecule has 3 heterocycles. The zero-order valence-corrected chi connectivity index (χ0v) is 14.1. The average Bonchev–Trinajstić information content (AvgIpc) is 3.05. The van der Waals surface area contributed by atoms with Crippen molar-refractivity contribution in [1.29, 1.82) is 0 Å². The van der Waals surface area contributed by atoms with E-state index in [1.54, 1.807) is 43.0 Å². The van der Waals surface area contributed by atoms with Gasteiger partial charge in [-0.05, 0) is 26.0 Å². The van der Waals surface area contributed by atoms with E-state index in [1.807, 2.05) is 6.07 Å². The van der Waals surface area contributed by atoms with Gasteiger partial charge in [-0.1, -0.05) is 18.2 Å². The molecule has 0 bridgehead atoms. The molecule has 1 N–H and O–H groups in total. The third-order valence-corrected chi connectivity index (χ3v) is 4.99. The van der Waals surface area contributed by atoms with Gasteiger partial charge >= 0.3 is 5.97 Å². The monoisotopic (exact) mass is 347 g/mol. The molecule has 3 aliphatic heterocycles. The van der Waals surface area contributed by atoms with Crippen LogP contribution in [-0.2, 0) is 19.0 Å². The quantitative estimate of drug-likeness (QED) is 0.793. The van der Waals surface area contributed by atoms with Gasteiger partial charge < -0.3 is 24.2 Å². The lowest BCUT2D eigenvalue weighted by Crippen LogP contribution is -2.61. The Hall–Kier alpha value is -1.96. The topological polar surface area (TPSA) is 85.3 Å². The number of carbonyl (C=O) groups excluding carboxylic acids is 2. The van der Waals surface area contributed by atoms with Gasteiger partial charge in [0.05, 0.1) is 24.6 Å². The van der Waals surface area contributed by atoms with Gasteiger partial charge in [0.15, 0.2) is 5.79 Å². The second-order valence-corrected chi connectivity index (χ2v) is 7.18. The van der Waals surface area contributed by atoms with Crippen LogP contribution in [0.5, 0.6) is 0 Å². The fourth-order valence-corrected chi connectivity index (χ4v) is 3.98. The van der Waals surface area contributed by atoms with Gasteiger partial charge in [0, 0.05) is 0 Å². The summed E-state index contributed by atoms with van der Waals surface area (Å²) in [6.45, 7) is 3.88. The lowest BCUT2D eigenvalue weighted by atomic mass is 9.93. The highest BCUT2D eigenvalue weighted by molar-refractivity contribution is 5.90. The van der Waals surface area contributed by atoms with Crippen LogP contribution in [0.2, 0.25) is 0 Å². The lowest BCUT2D eigenvalue weighted by Gasteiger charge is -2.40. The maximum atomic E-state index is 12.4.